The van der Waals surface area contributed by atoms with E-state index in [0.717, 1.165) is 0 Å². The Kier molecular flexibility index (Phi) is 14.1. The lowest BCUT2D eigenvalue weighted by Gasteiger charge is -2.19. The van der Waals surface area contributed by atoms with Crippen LogP contribution in [0.25, 0.3) is 0 Å². The van der Waals surface area contributed by atoms with E-state index in [9.17, 15) is 53.5 Å². The standard InChI is InChI=1S/C35H34F10O6/c1-23-28(50-30(46)24-11-15-26(16-12-24)48-21-6-2-4-19-32(36,37)34(40,41)42)9-8-10-29(23)51-31(47)25-13-17-27(18-14-25)49-22-7-3-5-20-33(38,39)35(43,44)45/h8-18H,2-7,19-22H2,1H3. The Morgan fingerprint density at radius 3 is 1.20 bits per heavy atom. The number of carbonyl (C=O) groups excluding carboxylic acids is 2. The van der Waals surface area contributed by atoms with Gasteiger partial charge in [-0.3, -0.25) is 0 Å². The minimum atomic E-state index is -5.58. The Hall–Kier alpha value is -4.50. The van der Waals surface area contributed by atoms with E-state index in [4.69, 9.17) is 18.9 Å². The summed E-state index contributed by atoms with van der Waals surface area (Å²) in [4.78, 5) is 25.5. The highest BCUT2D eigenvalue weighted by molar-refractivity contribution is 5.92. The van der Waals surface area contributed by atoms with Gasteiger partial charge in [-0.25, -0.2) is 9.59 Å². The van der Waals surface area contributed by atoms with Gasteiger partial charge in [0, 0.05) is 18.4 Å². The second-order valence-corrected chi connectivity index (χ2v) is 11.4. The van der Waals surface area contributed by atoms with Crippen molar-refractivity contribution in [3.8, 4) is 23.0 Å². The molecule has 3 aromatic carbocycles. The van der Waals surface area contributed by atoms with Crippen molar-refractivity contribution >= 4 is 11.9 Å². The third-order valence-electron chi connectivity index (χ3n) is 7.46. The van der Waals surface area contributed by atoms with Gasteiger partial charge in [0.1, 0.15) is 23.0 Å². The molecule has 0 aliphatic carbocycles. The molecule has 16 heteroatoms. The molecule has 280 valence electrons. The van der Waals surface area contributed by atoms with Crippen molar-refractivity contribution in [2.75, 3.05) is 13.2 Å². The molecule has 0 radical (unpaired) electrons. The predicted molar refractivity (Wildman–Crippen MR) is 164 cm³/mol. The maximum absolute atomic E-state index is 13.0. The number of benzene rings is 3. The Balaban J connectivity index is 1.43. The summed E-state index contributed by atoms with van der Waals surface area (Å²) >= 11 is 0. The summed E-state index contributed by atoms with van der Waals surface area (Å²) in [5.74, 6) is -10.1. The number of unbranched alkanes of at least 4 members (excludes halogenated alkanes) is 4. The van der Waals surface area contributed by atoms with Crippen molar-refractivity contribution in [1.82, 2.24) is 0 Å². The molecule has 0 atom stereocenters. The molecular weight excluding hydrogens is 706 g/mol. The minimum absolute atomic E-state index is 0.0663. The van der Waals surface area contributed by atoms with Gasteiger partial charge in [0.05, 0.1) is 24.3 Å². The molecule has 0 unspecified atom stereocenters. The highest BCUT2D eigenvalue weighted by atomic mass is 19.4. The number of halogens is 10. The number of hydrogen-bond acceptors (Lipinski definition) is 6. The maximum Gasteiger partial charge on any atom is 0.453 e. The topological polar surface area (TPSA) is 71.1 Å². The van der Waals surface area contributed by atoms with Crippen molar-refractivity contribution in [3.05, 3.63) is 83.4 Å². The van der Waals surface area contributed by atoms with Gasteiger partial charge >= 0.3 is 36.1 Å². The molecule has 0 aliphatic heterocycles. The molecule has 0 fully saturated rings. The molecule has 0 heterocycles. The first-order valence-corrected chi connectivity index (χ1v) is 15.7. The van der Waals surface area contributed by atoms with Gasteiger partial charge in [0.2, 0.25) is 0 Å². The second kappa shape index (κ2) is 17.6. The van der Waals surface area contributed by atoms with Crippen LogP contribution in [-0.4, -0.2) is 49.4 Å². The third kappa shape index (κ3) is 12.3. The highest BCUT2D eigenvalue weighted by Crippen LogP contribution is 2.40. The van der Waals surface area contributed by atoms with E-state index >= 15 is 0 Å². The van der Waals surface area contributed by atoms with Crippen LogP contribution < -0.4 is 18.9 Å². The molecule has 0 saturated heterocycles. The van der Waals surface area contributed by atoms with Crippen LogP contribution in [0.5, 0.6) is 23.0 Å². The molecule has 0 aliphatic rings. The van der Waals surface area contributed by atoms with Gasteiger partial charge in [0.25, 0.3) is 0 Å². The first kappa shape index (κ1) is 40.9. The molecule has 0 spiro atoms. The molecular formula is C35H34F10O6. The Bertz CT molecular complexity index is 1460. The summed E-state index contributed by atoms with van der Waals surface area (Å²) in [7, 11) is 0. The van der Waals surface area contributed by atoms with Gasteiger partial charge in [-0.05, 0) is 106 Å². The highest BCUT2D eigenvalue weighted by Gasteiger charge is 2.57. The first-order chi connectivity index (χ1) is 23.8. The molecule has 0 aromatic heterocycles. The lowest BCUT2D eigenvalue weighted by Crippen LogP contribution is -2.36. The van der Waals surface area contributed by atoms with E-state index in [1.807, 2.05) is 0 Å². The largest absolute Gasteiger partial charge is 0.494 e. The Morgan fingerprint density at radius 2 is 0.863 bits per heavy atom. The van der Waals surface area contributed by atoms with Crippen molar-refractivity contribution < 1.29 is 72.4 Å². The summed E-state index contributed by atoms with van der Waals surface area (Å²) in [6, 6.07) is 16.0. The van der Waals surface area contributed by atoms with Crippen LogP contribution in [0.15, 0.2) is 66.7 Å². The van der Waals surface area contributed by atoms with Crippen molar-refractivity contribution in [2.45, 2.75) is 82.5 Å². The van der Waals surface area contributed by atoms with Gasteiger partial charge in [0.15, 0.2) is 0 Å². The monoisotopic (exact) mass is 740 g/mol. The molecule has 0 amide bonds. The predicted octanol–water partition coefficient (Wildman–Crippen LogP) is 10.7. The zero-order chi connectivity index (χ0) is 37.9. The van der Waals surface area contributed by atoms with Gasteiger partial charge in [-0.1, -0.05) is 6.07 Å². The van der Waals surface area contributed by atoms with Gasteiger partial charge in [-0.2, -0.15) is 43.9 Å². The summed E-state index contributed by atoms with van der Waals surface area (Å²) in [5.41, 5.74) is 0.618. The molecule has 3 aromatic rings. The van der Waals surface area contributed by atoms with Crippen molar-refractivity contribution in [2.24, 2.45) is 0 Å². The Morgan fingerprint density at radius 1 is 0.510 bits per heavy atom. The van der Waals surface area contributed by atoms with Crippen molar-refractivity contribution in [1.29, 1.82) is 0 Å². The number of rotatable bonds is 18. The maximum atomic E-state index is 13.0. The molecule has 0 saturated carbocycles. The van der Waals surface area contributed by atoms with Crippen LogP contribution in [0.4, 0.5) is 43.9 Å². The normalized spacial score (nSPS) is 12.4. The summed E-state index contributed by atoms with van der Waals surface area (Å²) in [5, 5.41) is 0. The zero-order valence-electron chi connectivity index (χ0n) is 27.2. The fourth-order valence-corrected chi connectivity index (χ4v) is 4.42. The van der Waals surface area contributed by atoms with E-state index in [1.54, 1.807) is 6.92 Å². The van der Waals surface area contributed by atoms with Crippen LogP contribution in [0.1, 0.15) is 77.6 Å². The van der Waals surface area contributed by atoms with Gasteiger partial charge < -0.3 is 18.9 Å². The molecule has 0 bridgehead atoms. The Labute approximate surface area is 286 Å². The zero-order valence-corrected chi connectivity index (χ0v) is 27.2. The fourth-order valence-electron chi connectivity index (χ4n) is 4.42. The van der Waals surface area contributed by atoms with E-state index in [2.05, 4.69) is 0 Å². The van der Waals surface area contributed by atoms with Crippen LogP contribution in [0.2, 0.25) is 0 Å². The van der Waals surface area contributed by atoms with Gasteiger partial charge in [-0.15, -0.1) is 0 Å². The van der Waals surface area contributed by atoms with Crippen LogP contribution in [0, 0.1) is 6.92 Å². The number of alkyl halides is 10. The first-order valence-electron chi connectivity index (χ1n) is 15.7. The molecule has 6 nitrogen and oxygen atoms in total. The minimum Gasteiger partial charge on any atom is -0.494 e. The number of ether oxygens (including phenoxy) is 4. The molecule has 51 heavy (non-hydrogen) atoms. The summed E-state index contributed by atoms with van der Waals surface area (Å²) in [6.45, 7) is 1.70. The quantitative estimate of drug-likeness (QED) is 0.0560. The SMILES string of the molecule is Cc1c(OC(=O)c2ccc(OCCCCCC(F)(F)C(F)(F)F)cc2)cccc1OC(=O)c1ccc(OCCCCCC(F)(F)C(F)(F)F)cc1. The molecule has 0 N–H and O–H groups in total. The van der Waals surface area contributed by atoms with E-state index in [0.29, 0.717) is 17.1 Å². The van der Waals surface area contributed by atoms with E-state index in [-0.39, 0.29) is 74.4 Å². The average Bonchev–Trinajstić information content (AvgIpc) is 3.05. The summed E-state index contributed by atoms with van der Waals surface area (Å²) < 4.78 is 147. The average molecular weight is 741 g/mol. The summed E-state index contributed by atoms with van der Waals surface area (Å²) in [6.07, 6.45) is -13.7. The number of carbonyl (C=O) groups is 2. The smallest absolute Gasteiger partial charge is 0.453 e. The van der Waals surface area contributed by atoms with Crippen molar-refractivity contribution in [3.63, 3.8) is 0 Å². The number of hydrogen-bond donors (Lipinski definition) is 0. The van der Waals surface area contributed by atoms with E-state index < -0.39 is 49.0 Å². The second-order valence-electron chi connectivity index (χ2n) is 11.4. The lowest BCUT2D eigenvalue weighted by molar-refractivity contribution is -0.284. The van der Waals surface area contributed by atoms with Crippen LogP contribution >= 0.6 is 0 Å². The van der Waals surface area contributed by atoms with Crippen LogP contribution in [0.3, 0.4) is 0 Å². The molecule has 3 rings (SSSR count). The van der Waals surface area contributed by atoms with E-state index in [1.165, 1.54) is 66.7 Å². The number of esters is 2. The van der Waals surface area contributed by atoms with Crippen LogP contribution in [-0.2, 0) is 0 Å². The third-order valence-corrected chi connectivity index (χ3v) is 7.46. The lowest BCUT2D eigenvalue weighted by atomic mass is 10.1. The fraction of sp³-hybridized carbons (Fsp3) is 0.429.